The summed E-state index contributed by atoms with van der Waals surface area (Å²) >= 11 is 1.69. The lowest BCUT2D eigenvalue weighted by atomic mass is 10.2. The van der Waals surface area contributed by atoms with Crippen LogP contribution < -0.4 is 5.73 Å². The zero-order valence-electron chi connectivity index (χ0n) is 10.5. The lowest BCUT2D eigenvalue weighted by molar-refractivity contribution is 0.970. The van der Waals surface area contributed by atoms with Gasteiger partial charge in [-0.15, -0.1) is 11.3 Å². The van der Waals surface area contributed by atoms with Crippen LogP contribution in [0.1, 0.15) is 10.6 Å². The number of benzene rings is 1. The number of aryl methyl sites for hydroxylation is 2. The van der Waals surface area contributed by atoms with Gasteiger partial charge in [-0.1, -0.05) is 18.2 Å². The minimum atomic E-state index is 0.564. The first-order valence-corrected chi connectivity index (χ1v) is 6.73. The first kappa shape index (κ1) is 11.4. The third kappa shape index (κ3) is 1.65. The van der Waals surface area contributed by atoms with E-state index >= 15 is 0 Å². The number of fused-ring (bicyclic) bond motifs is 1. The highest BCUT2D eigenvalue weighted by Gasteiger charge is 2.13. The average Bonchev–Trinajstić information content (AvgIpc) is 2.91. The van der Waals surface area contributed by atoms with Crippen molar-refractivity contribution < 1.29 is 0 Å². The molecule has 0 aliphatic carbocycles. The lowest BCUT2D eigenvalue weighted by Crippen LogP contribution is -1.94. The van der Waals surface area contributed by atoms with E-state index in [-0.39, 0.29) is 0 Å². The Labute approximate surface area is 110 Å². The SMILES string of the molecule is Cc1nc(-c2cn(C)c3ccccc23)sc1CN. The molecule has 2 aromatic heterocycles. The van der Waals surface area contributed by atoms with Crippen molar-refractivity contribution in [3.05, 3.63) is 41.0 Å². The maximum Gasteiger partial charge on any atom is 0.126 e. The van der Waals surface area contributed by atoms with E-state index in [4.69, 9.17) is 5.73 Å². The van der Waals surface area contributed by atoms with Crippen LogP contribution in [-0.2, 0) is 13.6 Å². The van der Waals surface area contributed by atoms with Crippen molar-refractivity contribution >= 4 is 22.2 Å². The molecule has 2 N–H and O–H groups in total. The quantitative estimate of drug-likeness (QED) is 0.766. The molecule has 0 bridgehead atoms. The van der Waals surface area contributed by atoms with E-state index in [1.807, 2.05) is 6.92 Å². The molecule has 0 amide bonds. The van der Waals surface area contributed by atoms with Crippen molar-refractivity contribution in [2.45, 2.75) is 13.5 Å². The average molecular weight is 257 g/mol. The number of nitrogens with zero attached hydrogens (tertiary/aromatic N) is 2. The van der Waals surface area contributed by atoms with Crippen LogP contribution in [0.2, 0.25) is 0 Å². The Bertz CT molecular complexity index is 709. The van der Waals surface area contributed by atoms with E-state index in [0.29, 0.717) is 6.54 Å². The topological polar surface area (TPSA) is 43.8 Å². The van der Waals surface area contributed by atoms with Crippen LogP contribution >= 0.6 is 11.3 Å². The Morgan fingerprint density at radius 1 is 1.33 bits per heavy atom. The molecule has 0 aliphatic heterocycles. The zero-order valence-corrected chi connectivity index (χ0v) is 11.3. The van der Waals surface area contributed by atoms with Crippen molar-refractivity contribution in [2.24, 2.45) is 12.8 Å². The van der Waals surface area contributed by atoms with E-state index in [1.54, 1.807) is 11.3 Å². The van der Waals surface area contributed by atoms with Crippen LogP contribution in [0.3, 0.4) is 0 Å². The van der Waals surface area contributed by atoms with Gasteiger partial charge in [-0.3, -0.25) is 0 Å². The first-order chi connectivity index (χ1) is 8.70. The molecule has 0 fully saturated rings. The van der Waals surface area contributed by atoms with Gasteiger partial charge in [0.1, 0.15) is 5.01 Å². The van der Waals surface area contributed by atoms with Crippen LogP contribution in [0.25, 0.3) is 21.5 Å². The van der Waals surface area contributed by atoms with Gasteiger partial charge >= 0.3 is 0 Å². The molecule has 0 spiro atoms. The lowest BCUT2D eigenvalue weighted by Gasteiger charge is -1.93. The zero-order chi connectivity index (χ0) is 12.7. The predicted octanol–water partition coefficient (Wildman–Crippen LogP) is 3.07. The van der Waals surface area contributed by atoms with Crippen molar-refractivity contribution in [1.29, 1.82) is 0 Å². The van der Waals surface area contributed by atoms with Crippen molar-refractivity contribution in [3.63, 3.8) is 0 Å². The summed E-state index contributed by atoms with van der Waals surface area (Å²) < 4.78 is 2.14. The minimum absolute atomic E-state index is 0.564. The number of para-hydroxylation sites is 1. The van der Waals surface area contributed by atoms with E-state index in [2.05, 4.69) is 47.1 Å². The third-order valence-corrected chi connectivity index (χ3v) is 4.42. The first-order valence-electron chi connectivity index (χ1n) is 5.91. The van der Waals surface area contributed by atoms with Crippen LogP contribution in [0, 0.1) is 6.92 Å². The van der Waals surface area contributed by atoms with Gasteiger partial charge in [0.2, 0.25) is 0 Å². The maximum atomic E-state index is 5.73. The number of hydrogen-bond donors (Lipinski definition) is 1. The Morgan fingerprint density at radius 3 is 2.83 bits per heavy atom. The van der Waals surface area contributed by atoms with Gasteiger partial charge in [0.15, 0.2) is 0 Å². The maximum absolute atomic E-state index is 5.73. The van der Waals surface area contributed by atoms with E-state index < -0.39 is 0 Å². The second-order valence-electron chi connectivity index (χ2n) is 4.40. The molecule has 0 radical (unpaired) electrons. The van der Waals surface area contributed by atoms with Crippen LogP contribution in [0.15, 0.2) is 30.5 Å². The van der Waals surface area contributed by atoms with Crippen molar-refractivity contribution in [1.82, 2.24) is 9.55 Å². The Kier molecular flexibility index (Phi) is 2.69. The van der Waals surface area contributed by atoms with E-state index in [1.165, 1.54) is 16.5 Å². The molecular formula is C14H15N3S. The highest BCUT2D eigenvalue weighted by atomic mass is 32.1. The van der Waals surface area contributed by atoms with Crippen LogP contribution in [0.5, 0.6) is 0 Å². The number of aromatic nitrogens is 2. The van der Waals surface area contributed by atoms with Gasteiger partial charge in [0.05, 0.1) is 5.69 Å². The summed E-state index contributed by atoms with van der Waals surface area (Å²) in [6.45, 7) is 2.58. The molecule has 2 heterocycles. The summed E-state index contributed by atoms with van der Waals surface area (Å²) in [6.07, 6.45) is 2.14. The Hall–Kier alpha value is -1.65. The molecule has 3 aromatic rings. The second kappa shape index (κ2) is 4.23. The molecule has 0 atom stereocenters. The largest absolute Gasteiger partial charge is 0.350 e. The smallest absolute Gasteiger partial charge is 0.126 e. The molecule has 4 heteroatoms. The summed E-state index contributed by atoms with van der Waals surface area (Å²) in [7, 11) is 2.07. The summed E-state index contributed by atoms with van der Waals surface area (Å²) in [6, 6.07) is 8.40. The van der Waals surface area contributed by atoms with Gasteiger partial charge in [0, 0.05) is 41.1 Å². The van der Waals surface area contributed by atoms with Crippen molar-refractivity contribution in [2.75, 3.05) is 0 Å². The highest BCUT2D eigenvalue weighted by Crippen LogP contribution is 2.33. The number of rotatable bonds is 2. The molecule has 0 saturated carbocycles. The number of hydrogen-bond acceptors (Lipinski definition) is 3. The summed E-state index contributed by atoms with van der Waals surface area (Å²) in [4.78, 5) is 5.81. The summed E-state index contributed by atoms with van der Waals surface area (Å²) in [5, 5.41) is 2.31. The van der Waals surface area contributed by atoms with Crippen LogP contribution in [0.4, 0.5) is 0 Å². The predicted molar refractivity (Wildman–Crippen MR) is 76.7 cm³/mol. The second-order valence-corrected chi connectivity index (χ2v) is 5.49. The van der Waals surface area contributed by atoms with Gasteiger partial charge in [-0.05, 0) is 13.0 Å². The molecule has 18 heavy (non-hydrogen) atoms. The highest BCUT2D eigenvalue weighted by molar-refractivity contribution is 7.15. The van der Waals surface area contributed by atoms with Gasteiger partial charge in [-0.2, -0.15) is 0 Å². The molecule has 1 aromatic carbocycles. The summed E-state index contributed by atoms with van der Waals surface area (Å²) in [5.41, 5.74) is 9.20. The third-order valence-electron chi connectivity index (χ3n) is 3.21. The monoisotopic (exact) mass is 257 g/mol. The molecular weight excluding hydrogens is 242 g/mol. The molecule has 0 aliphatic rings. The van der Waals surface area contributed by atoms with Crippen molar-refractivity contribution in [3.8, 4) is 10.6 Å². The summed E-state index contributed by atoms with van der Waals surface area (Å²) in [5.74, 6) is 0. The molecule has 3 nitrogen and oxygen atoms in total. The Balaban J connectivity index is 2.25. The van der Waals surface area contributed by atoms with Gasteiger partial charge < -0.3 is 10.3 Å². The Morgan fingerprint density at radius 2 is 2.11 bits per heavy atom. The van der Waals surface area contributed by atoms with Gasteiger partial charge in [-0.25, -0.2) is 4.98 Å². The van der Waals surface area contributed by atoms with E-state index in [0.717, 1.165) is 15.6 Å². The molecule has 92 valence electrons. The number of thiazole rings is 1. The number of nitrogens with two attached hydrogens (primary N) is 1. The fourth-order valence-electron chi connectivity index (χ4n) is 2.24. The normalized spacial score (nSPS) is 11.3. The molecule has 0 saturated heterocycles. The van der Waals surface area contributed by atoms with Gasteiger partial charge in [0.25, 0.3) is 0 Å². The molecule has 3 rings (SSSR count). The van der Waals surface area contributed by atoms with Crippen LogP contribution in [-0.4, -0.2) is 9.55 Å². The molecule has 0 unspecified atom stereocenters. The fourth-order valence-corrected chi connectivity index (χ4v) is 3.21. The fraction of sp³-hybridized carbons (Fsp3) is 0.214. The standard InChI is InChI=1S/C14H15N3S/c1-9-13(7-15)18-14(16-9)11-8-17(2)12-6-4-3-5-10(11)12/h3-6,8H,7,15H2,1-2H3. The van der Waals surface area contributed by atoms with E-state index in [9.17, 15) is 0 Å². The minimum Gasteiger partial charge on any atom is -0.350 e.